The second kappa shape index (κ2) is 9.30. The summed E-state index contributed by atoms with van der Waals surface area (Å²) in [6, 6.07) is 11.5. The maximum atomic E-state index is 12.1. The molecule has 1 aromatic carbocycles. The largest absolute Gasteiger partial charge is 0.413 e. The Labute approximate surface area is 124 Å². The number of rotatable bonds is 7. The van der Waals surface area contributed by atoms with E-state index in [-0.39, 0.29) is 32.0 Å². The molecular formula is C14H20N2O4P+. The summed E-state index contributed by atoms with van der Waals surface area (Å²) in [6.07, 6.45) is -0.101. The van der Waals surface area contributed by atoms with Crippen LogP contribution < -0.4 is 5.32 Å². The Morgan fingerprint density at radius 2 is 1.86 bits per heavy atom. The third-order valence-electron chi connectivity index (χ3n) is 2.37. The lowest BCUT2D eigenvalue weighted by molar-refractivity contribution is 0.0958. The molecule has 0 saturated heterocycles. The van der Waals surface area contributed by atoms with Gasteiger partial charge in [0, 0.05) is 5.56 Å². The van der Waals surface area contributed by atoms with E-state index in [1.807, 2.05) is 6.07 Å². The molecule has 1 N–H and O–H groups in total. The molecule has 21 heavy (non-hydrogen) atoms. The summed E-state index contributed by atoms with van der Waals surface area (Å²) in [5.41, 5.74) is 0.564. The lowest BCUT2D eigenvalue weighted by Gasteiger charge is -2.09. The molecular weight excluding hydrogens is 291 g/mol. The first-order valence-electron chi connectivity index (χ1n) is 6.72. The molecule has 114 valence electrons. The summed E-state index contributed by atoms with van der Waals surface area (Å²) in [6.45, 7) is 4.18. The predicted molar refractivity (Wildman–Crippen MR) is 81.7 cm³/mol. The summed E-state index contributed by atoms with van der Waals surface area (Å²) >= 11 is 0. The van der Waals surface area contributed by atoms with Crippen LogP contribution >= 0.6 is 7.60 Å². The van der Waals surface area contributed by atoms with Crippen LogP contribution in [0.15, 0.2) is 30.3 Å². The summed E-state index contributed by atoms with van der Waals surface area (Å²) in [5, 5.41) is 2.63. The molecule has 0 unspecified atom stereocenters. The van der Waals surface area contributed by atoms with Crippen LogP contribution in [0.2, 0.25) is 0 Å². The smallest absolute Gasteiger partial charge is 0.335 e. The summed E-state index contributed by atoms with van der Waals surface area (Å²) in [5.74, 6) is -0.212. The first kappa shape index (κ1) is 17.4. The zero-order valence-corrected chi connectivity index (χ0v) is 13.1. The van der Waals surface area contributed by atoms with Crippen LogP contribution in [0.3, 0.4) is 0 Å². The van der Waals surface area contributed by atoms with Crippen molar-refractivity contribution in [2.75, 3.05) is 26.0 Å². The third-order valence-corrected chi connectivity index (χ3v) is 4.16. The van der Waals surface area contributed by atoms with Gasteiger partial charge in [0.15, 0.2) is 6.54 Å². The van der Waals surface area contributed by atoms with Gasteiger partial charge in [0.2, 0.25) is 0 Å². The maximum Gasteiger partial charge on any atom is 0.413 e. The van der Waals surface area contributed by atoms with Gasteiger partial charge in [-0.05, 0) is 26.0 Å². The van der Waals surface area contributed by atoms with Crippen LogP contribution in [0.1, 0.15) is 24.2 Å². The molecule has 0 aliphatic carbocycles. The summed E-state index contributed by atoms with van der Waals surface area (Å²) in [4.78, 5) is 15.6. The summed E-state index contributed by atoms with van der Waals surface area (Å²) in [7, 11) is -3.18. The van der Waals surface area contributed by atoms with Gasteiger partial charge in [-0.15, -0.1) is 0 Å². The van der Waals surface area contributed by atoms with Crippen molar-refractivity contribution >= 4 is 13.5 Å². The number of carbonyl (C=O) groups excluding carboxylic acids is 1. The van der Waals surface area contributed by atoms with Crippen molar-refractivity contribution in [3.8, 4) is 6.07 Å². The topological polar surface area (TPSA) is 69.0 Å². The van der Waals surface area contributed by atoms with Gasteiger partial charge in [-0.1, -0.05) is 23.0 Å². The Balaban J connectivity index is 2.42. The van der Waals surface area contributed by atoms with Gasteiger partial charge in [-0.25, -0.2) is 0 Å². The van der Waals surface area contributed by atoms with Crippen molar-refractivity contribution < 1.29 is 18.4 Å². The maximum absolute atomic E-state index is 12.1. The Bertz CT molecular complexity index is 541. The number of hydrogen-bond acceptors (Lipinski definition) is 4. The first-order chi connectivity index (χ1) is 10.1. The third kappa shape index (κ3) is 6.54. The average molecular weight is 311 g/mol. The first-order valence-corrected chi connectivity index (χ1v) is 8.45. The number of nitrogens with zero attached hydrogens (tertiary/aromatic N) is 1. The van der Waals surface area contributed by atoms with Crippen LogP contribution in [0.5, 0.6) is 0 Å². The monoisotopic (exact) mass is 311 g/mol. The van der Waals surface area contributed by atoms with Crippen LogP contribution in [0.25, 0.3) is 4.85 Å². The molecule has 0 aromatic heterocycles. The molecule has 0 saturated carbocycles. The highest BCUT2D eigenvalue weighted by molar-refractivity contribution is 7.54. The molecule has 1 amide bonds. The number of amides is 1. The molecule has 0 bridgehead atoms. The van der Waals surface area contributed by atoms with Crippen LogP contribution in [0, 0.1) is 6.07 Å². The van der Waals surface area contributed by atoms with Crippen molar-refractivity contribution in [3.63, 3.8) is 0 Å². The van der Waals surface area contributed by atoms with Gasteiger partial charge < -0.3 is 14.4 Å². The quantitative estimate of drug-likeness (QED) is 0.621. The van der Waals surface area contributed by atoms with E-state index in [1.54, 1.807) is 38.1 Å². The Morgan fingerprint density at radius 1 is 1.24 bits per heavy atom. The zero-order valence-electron chi connectivity index (χ0n) is 12.2. The van der Waals surface area contributed by atoms with Gasteiger partial charge >= 0.3 is 13.9 Å². The highest BCUT2D eigenvalue weighted by Crippen LogP contribution is 2.47. The van der Waals surface area contributed by atoms with Crippen LogP contribution in [-0.2, 0) is 13.6 Å². The molecule has 0 radical (unpaired) electrons. The molecule has 7 heteroatoms. The van der Waals surface area contributed by atoms with E-state index in [0.717, 1.165) is 0 Å². The lowest BCUT2D eigenvalue weighted by atomic mass is 10.2. The molecule has 6 nitrogen and oxygen atoms in total. The van der Waals surface area contributed by atoms with Crippen molar-refractivity contribution in [2.24, 2.45) is 0 Å². The van der Waals surface area contributed by atoms with E-state index in [1.165, 1.54) is 0 Å². The minimum Gasteiger partial charge on any atom is -0.335 e. The molecule has 1 rings (SSSR count). The van der Waals surface area contributed by atoms with Gasteiger partial charge in [0.05, 0.1) is 13.2 Å². The van der Waals surface area contributed by atoms with Crippen molar-refractivity contribution in [1.82, 2.24) is 5.32 Å². The standard InChI is InChI=1S/C14H19N2O4P/c1-3-19-21(18,20-4-2)12-15-10-11-16-14(17)13-8-6-5-7-9-13/h5-9H,3-4,11-12H2,1-2H3/p+1. The minimum atomic E-state index is -3.18. The number of hydrogen-bond donors (Lipinski definition) is 1. The zero-order chi connectivity index (χ0) is 15.6. The number of carbonyl (C=O) groups is 1. The van der Waals surface area contributed by atoms with Gasteiger partial charge in [0.25, 0.3) is 12.0 Å². The fourth-order valence-corrected chi connectivity index (χ4v) is 2.81. The van der Waals surface area contributed by atoms with E-state index in [4.69, 9.17) is 9.05 Å². The highest BCUT2D eigenvalue weighted by Gasteiger charge is 2.29. The highest BCUT2D eigenvalue weighted by atomic mass is 31.2. The number of benzene rings is 1. The SMILES string of the molecule is CCOP(=O)(C[N+]#CCNC(=O)c1ccccc1)OCC. The van der Waals surface area contributed by atoms with Crippen LogP contribution in [0.4, 0.5) is 0 Å². The Morgan fingerprint density at radius 3 is 2.43 bits per heavy atom. The minimum absolute atomic E-state index is 0.101. The fraction of sp³-hybridized carbons (Fsp3) is 0.429. The second-order valence-electron chi connectivity index (χ2n) is 3.95. The second-order valence-corrected chi connectivity index (χ2v) is 5.97. The molecule has 0 spiro atoms. The number of nitrogens with one attached hydrogen (secondary N) is 1. The van der Waals surface area contributed by atoms with E-state index in [9.17, 15) is 9.36 Å². The summed E-state index contributed by atoms with van der Waals surface area (Å²) < 4.78 is 22.2. The molecule has 0 atom stereocenters. The van der Waals surface area contributed by atoms with Crippen molar-refractivity contribution in [3.05, 3.63) is 40.7 Å². The molecule has 0 aliphatic rings. The normalized spacial score (nSPS) is 10.6. The Hall–Kier alpha value is -1.67. The molecule has 0 fully saturated rings. The van der Waals surface area contributed by atoms with E-state index in [0.29, 0.717) is 5.56 Å². The molecule has 0 heterocycles. The van der Waals surface area contributed by atoms with Gasteiger partial charge in [0.1, 0.15) is 0 Å². The van der Waals surface area contributed by atoms with E-state index in [2.05, 4.69) is 16.2 Å². The van der Waals surface area contributed by atoms with Gasteiger partial charge in [-0.3, -0.25) is 9.36 Å². The van der Waals surface area contributed by atoms with Gasteiger partial charge in [-0.2, -0.15) is 0 Å². The van der Waals surface area contributed by atoms with Crippen molar-refractivity contribution in [2.45, 2.75) is 13.8 Å². The average Bonchev–Trinajstić information content (AvgIpc) is 2.48. The Kier molecular flexibility index (Phi) is 7.70. The van der Waals surface area contributed by atoms with Crippen molar-refractivity contribution in [1.29, 1.82) is 0 Å². The lowest BCUT2D eigenvalue weighted by Crippen LogP contribution is -2.23. The molecule has 0 aliphatic heterocycles. The molecule has 1 aromatic rings. The van der Waals surface area contributed by atoms with Crippen LogP contribution in [-0.4, -0.2) is 32.0 Å². The fourth-order valence-electron chi connectivity index (χ4n) is 1.52. The van der Waals surface area contributed by atoms with E-state index >= 15 is 0 Å². The predicted octanol–water partition coefficient (Wildman–Crippen LogP) is 2.97. The van der Waals surface area contributed by atoms with E-state index < -0.39 is 7.60 Å².